The summed E-state index contributed by atoms with van der Waals surface area (Å²) in [4.78, 5) is 30.8. The fourth-order valence-electron chi connectivity index (χ4n) is 4.00. The summed E-state index contributed by atoms with van der Waals surface area (Å²) < 4.78 is 28.3. The van der Waals surface area contributed by atoms with Gasteiger partial charge in [0.15, 0.2) is 11.6 Å². The number of nitrogens with one attached hydrogen (secondary N) is 2. The number of aliphatic hydroxyl groups is 1. The molecular weight excluding hydrogens is 539 g/mol. The van der Waals surface area contributed by atoms with Gasteiger partial charge in [0.05, 0.1) is 29.6 Å². The Hall–Kier alpha value is -4.07. The minimum absolute atomic E-state index is 0.0267. The van der Waals surface area contributed by atoms with Gasteiger partial charge in [-0.3, -0.25) is 14.5 Å². The van der Waals surface area contributed by atoms with Crippen molar-refractivity contribution in [3.63, 3.8) is 0 Å². The van der Waals surface area contributed by atoms with E-state index in [1.165, 1.54) is 28.4 Å². The molecule has 13 heteroatoms. The number of rotatable bonds is 12. The number of aromatic nitrogens is 3. The number of methoxy groups -OCH3 is 1. The Morgan fingerprint density at radius 3 is 2.83 bits per heavy atom. The number of benzene rings is 1. The average molecular weight is 569 g/mol. The summed E-state index contributed by atoms with van der Waals surface area (Å²) in [6, 6.07) is 7.71. The normalized spacial score (nSPS) is 12.9. The number of carbonyl (C=O) groups excluding carboxylic acids is 2. The maximum atomic E-state index is 14.8. The van der Waals surface area contributed by atoms with Gasteiger partial charge in [0.2, 0.25) is 5.91 Å². The molecule has 210 valence electrons. The number of hydrogen-bond acceptors (Lipinski definition) is 8. The molecule has 1 aliphatic rings. The van der Waals surface area contributed by atoms with Gasteiger partial charge >= 0.3 is 6.03 Å². The molecule has 3 amide bonds. The van der Waals surface area contributed by atoms with Gasteiger partial charge in [-0.05, 0) is 31.0 Å². The van der Waals surface area contributed by atoms with Crippen LogP contribution in [0.15, 0.2) is 48.9 Å². The highest BCUT2D eigenvalue weighted by Gasteiger charge is 2.23. The maximum Gasteiger partial charge on any atom is 0.319 e. The number of pyridine rings is 1. The van der Waals surface area contributed by atoms with Crippen molar-refractivity contribution >= 4 is 39.2 Å². The number of hydrogen-bond donors (Lipinski definition) is 3. The molecule has 1 aromatic carbocycles. The van der Waals surface area contributed by atoms with E-state index in [0.717, 1.165) is 28.0 Å². The Morgan fingerprint density at radius 2 is 2.08 bits per heavy atom. The molecule has 0 unspecified atom stereocenters. The quantitative estimate of drug-likeness (QED) is 0.237. The topological polar surface area (TPSA) is 131 Å². The molecule has 0 bridgehead atoms. The molecule has 1 aliphatic carbocycles. The lowest BCUT2D eigenvalue weighted by Crippen LogP contribution is -2.38. The summed E-state index contributed by atoms with van der Waals surface area (Å²) in [5, 5.41) is 19.1. The molecule has 5 rings (SSSR count). The van der Waals surface area contributed by atoms with Gasteiger partial charge in [-0.15, -0.1) is 11.3 Å². The summed E-state index contributed by atoms with van der Waals surface area (Å²) in [5.74, 6) is -0.490. The molecular formula is C27H29FN6O5S. The van der Waals surface area contributed by atoms with Crippen molar-refractivity contribution in [3.8, 4) is 21.9 Å². The fourth-order valence-corrected chi connectivity index (χ4v) is 5.04. The zero-order chi connectivity index (χ0) is 28.1. The van der Waals surface area contributed by atoms with Gasteiger partial charge in [0, 0.05) is 66.9 Å². The Kier molecular flexibility index (Phi) is 8.53. The number of aliphatic hydroxyl groups excluding tert-OH is 1. The lowest BCUT2D eigenvalue weighted by Gasteiger charge is -2.21. The van der Waals surface area contributed by atoms with E-state index in [9.17, 15) is 19.1 Å². The third-order valence-corrected chi connectivity index (χ3v) is 7.46. The zero-order valence-electron chi connectivity index (χ0n) is 21.8. The molecule has 0 saturated heterocycles. The Labute approximate surface area is 233 Å². The highest BCUT2D eigenvalue weighted by atomic mass is 32.1. The summed E-state index contributed by atoms with van der Waals surface area (Å²) in [6.45, 7) is 1.01. The minimum Gasteiger partial charge on any atom is -0.453 e. The molecule has 1 saturated carbocycles. The largest absolute Gasteiger partial charge is 0.453 e. The van der Waals surface area contributed by atoms with Crippen LogP contribution < -0.4 is 15.4 Å². The van der Waals surface area contributed by atoms with Crippen LogP contribution in [0.4, 0.5) is 14.9 Å². The molecule has 0 spiro atoms. The van der Waals surface area contributed by atoms with E-state index in [1.54, 1.807) is 36.3 Å². The zero-order valence-corrected chi connectivity index (χ0v) is 22.6. The molecule has 0 radical (unpaired) electrons. The van der Waals surface area contributed by atoms with Crippen molar-refractivity contribution in [2.75, 3.05) is 38.7 Å². The van der Waals surface area contributed by atoms with Crippen molar-refractivity contribution in [2.24, 2.45) is 0 Å². The first-order valence-corrected chi connectivity index (χ1v) is 13.6. The molecule has 40 heavy (non-hydrogen) atoms. The fraction of sp³-hybridized carbons (Fsp3) is 0.333. The second-order valence-electron chi connectivity index (χ2n) is 9.28. The molecule has 3 heterocycles. The maximum absolute atomic E-state index is 14.8. The Bertz CT molecular complexity index is 1500. The lowest BCUT2D eigenvalue weighted by atomic mass is 10.2. The van der Waals surface area contributed by atoms with Crippen LogP contribution in [-0.2, 0) is 16.1 Å². The van der Waals surface area contributed by atoms with Crippen LogP contribution in [0, 0.1) is 5.82 Å². The number of halogens is 1. The summed E-state index contributed by atoms with van der Waals surface area (Å²) in [6.07, 6.45) is 7.12. The highest BCUT2D eigenvalue weighted by molar-refractivity contribution is 7.22. The third kappa shape index (κ3) is 6.73. The molecule has 0 aliphatic heterocycles. The van der Waals surface area contributed by atoms with Gasteiger partial charge in [-0.2, -0.15) is 5.10 Å². The van der Waals surface area contributed by atoms with Crippen molar-refractivity contribution < 1.29 is 28.6 Å². The number of ether oxygens (including phenoxy) is 2. The van der Waals surface area contributed by atoms with Gasteiger partial charge in [0.25, 0.3) is 0 Å². The van der Waals surface area contributed by atoms with E-state index in [4.69, 9.17) is 9.47 Å². The summed E-state index contributed by atoms with van der Waals surface area (Å²) in [5.41, 5.74) is 1.89. The van der Waals surface area contributed by atoms with E-state index in [0.29, 0.717) is 43.2 Å². The van der Waals surface area contributed by atoms with Crippen molar-refractivity contribution in [1.82, 2.24) is 25.0 Å². The minimum atomic E-state index is -0.605. The van der Waals surface area contributed by atoms with Crippen LogP contribution in [0.3, 0.4) is 0 Å². The number of urea groups is 1. The van der Waals surface area contributed by atoms with Crippen molar-refractivity contribution in [3.05, 3.63) is 54.7 Å². The van der Waals surface area contributed by atoms with Crippen LogP contribution in [0.1, 0.15) is 12.8 Å². The van der Waals surface area contributed by atoms with Crippen LogP contribution >= 0.6 is 11.3 Å². The molecule has 3 N–H and O–H groups in total. The molecule has 3 aromatic heterocycles. The molecule has 4 aromatic rings. The predicted octanol–water partition coefficient (Wildman–Crippen LogP) is 3.84. The Morgan fingerprint density at radius 1 is 1.23 bits per heavy atom. The number of carbonyl (C=O) groups is 2. The number of nitrogens with zero attached hydrogens (tertiary/aromatic N) is 4. The number of anilines is 1. The van der Waals surface area contributed by atoms with Gasteiger partial charge < -0.3 is 30.1 Å². The van der Waals surface area contributed by atoms with E-state index < -0.39 is 12.4 Å². The molecule has 11 nitrogen and oxygen atoms in total. The highest BCUT2D eigenvalue weighted by Crippen LogP contribution is 2.39. The van der Waals surface area contributed by atoms with E-state index in [2.05, 4.69) is 20.7 Å². The second-order valence-corrected chi connectivity index (χ2v) is 10.3. The van der Waals surface area contributed by atoms with Crippen LogP contribution in [0.25, 0.3) is 20.7 Å². The summed E-state index contributed by atoms with van der Waals surface area (Å²) >= 11 is 1.44. The van der Waals surface area contributed by atoms with Crippen LogP contribution in [0.5, 0.6) is 11.5 Å². The second kappa shape index (κ2) is 12.4. The van der Waals surface area contributed by atoms with E-state index in [-0.39, 0.29) is 23.7 Å². The van der Waals surface area contributed by atoms with E-state index in [1.807, 2.05) is 12.3 Å². The number of thiophene rings is 1. The third-order valence-electron chi connectivity index (χ3n) is 6.27. The van der Waals surface area contributed by atoms with Crippen LogP contribution in [-0.4, -0.2) is 76.2 Å². The molecule has 1 fully saturated rings. The van der Waals surface area contributed by atoms with Crippen molar-refractivity contribution in [1.29, 1.82) is 0 Å². The van der Waals surface area contributed by atoms with Crippen molar-refractivity contribution in [2.45, 2.75) is 25.4 Å². The van der Waals surface area contributed by atoms with Gasteiger partial charge in [-0.1, -0.05) is 0 Å². The monoisotopic (exact) mass is 568 g/mol. The first-order chi connectivity index (χ1) is 19.4. The number of fused-ring (bicyclic) bond motifs is 1. The molecule has 0 atom stereocenters. The smallest absolute Gasteiger partial charge is 0.319 e. The number of amides is 3. The van der Waals surface area contributed by atoms with Gasteiger partial charge in [0.1, 0.15) is 12.4 Å². The van der Waals surface area contributed by atoms with E-state index >= 15 is 0 Å². The summed E-state index contributed by atoms with van der Waals surface area (Å²) in [7, 11) is 1.56. The lowest BCUT2D eigenvalue weighted by molar-refractivity contribution is -0.135. The Balaban J connectivity index is 1.27. The van der Waals surface area contributed by atoms with Gasteiger partial charge in [-0.25, -0.2) is 9.18 Å². The first-order valence-electron chi connectivity index (χ1n) is 12.8. The average Bonchev–Trinajstić information content (AvgIpc) is 3.44. The van der Waals surface area contributed by atoms with Crippen LogP contribution in [0.2, 0.25) is 0 Å². The SMILES string of the molecule is COCCN(CCn1cc(-c2cc3nccc(Oc4ccc(NC(=O)NC5CC5)cc4F)c3s2)cn1)C(=O)CO. The predicted molar refractivity (Wildman–Crippen MR) is 148 cm³/mol. The standard InChI is InChI=1S/C27H29FN6O5S/c1-38-11-10-33(25(36)16-35)8-9-34-15-17(14-30-34)24-13-21-26(40-24)23(6-7-29-21)39-22-5-4-19(12-20(22)28)32-27(37)31-18-2-3-18/h4-7,12-15,18,35H,2-3,8-11,16H2,1H3,(H2,31,32,37). The first kappa shape index (κ1) is 27.5.